The van der Waals surface area contributed by atoms with Crippen LogP contribution in [0.1, 0.15) is 32.4 Å². The van der Waals surface area contributed by atoms with E-state index in [4.69, 9.17) is 9.15 Å². The SMILES string of the molecule is CCC(CC)N(CCOC)C(=O)/C=C/c1ccc(Br)o1. The second-order valence-corrected chi connectivity index (χ2v) is 5.25. The Morgan fingerprint density at radius 2 is 2.15 bits per heavy atom. The van der Waals surface area contributed by atoms with Crippen LogP contribution in [0.5, 0.6) is 0 Å². The van der Waals surface area contributed by atoms with E-state index in [0.717, 1.165) is 12.8 Å². The van der Waals surface area contributed by atoms with Crippen LogP contribution in [-0.4, -0.2) is 37.1 Å². The lowest BCUT2D eigenvalue weighted by molar-refractivity contribution is -0.129. The van der Waals surface area contributed by atoms with Crippen molar-refractivity contribution in [1.29, 1.82) is 0 Å². The van der Waals surface area contributed by atoms with Gasteiger partial charge in [0, 0.05) is 25.8 Å². The van der Waals surface area contributed by atoms with E-state index in [1.54, 1.807) is 25.3 Å². The molecule has 0 fully saturated rings. The predicted molar refractivity (Wildman–Crippen MR) is 83.4 cm³/mol. The Labute approximate surface area is 128 Å². The van der Waals surface area contributed by atoms with E-state index < -0.39 is 0 Å². The highest BCUT2D eigenvalue weighted by atomic mass is 79.9. The summed E-state index contributed by atoms with van der Waals surface area (Å²) in [7, 11) is 1.64. The monoisotopic (exact) mass is 343 g/mol. The number of ether oxygens (including phenoxy) is 1. The van der Waals surface area contributed by atoms with Gasteiger partial charge < -0.3 is 14.1 Å². The summed E-state index contributed by atoms with van der Waals surface area (Å²) >= 11 is 3.24. The number of halogens is 1. The van der Waals surface area contributed by atoms with Crippen LogP contribution in [0.3, 0.4) is 0 Å². The van der Waals surface area contributed by atoms with Gasteiger partial charge >= 0.3 is 0 Å². The minimum absolute atomic E-state index is 0.0109. The molecule has 1 aromatic rings. The number of methoxy groups -OCH3 is 1. The Hall–Kier alpha value is -1.07. The second-order valence-electron chi connectivity index (χ2n) is 4.47. The van der Waals surface area contributed by atoms with E-state index in [1.807, 2.05) is 11.0 Å². The van der Waals surface area contributed by atoms with Crippen molar-refractivity contribution in [2.24, 2.45) is 0 Å². The van der Waals surface area contributed by atoms with E-state index in [2.05, 4.69) is 29.8 Å². The number of furan rings is 1. The van der Waals surface area contributed by atoms with Gasteiger partial charge in [0.2, 0.25) is 5.91 Å². The smallest absolute Gasteiger partial charge is 0.247 e. The van der Waals surface area contributed by atoms with Crippen LogP contribution in [-0.2, 0) is 9.53 Å². The van der Waals surface area contributed by atoms with E-state index >= 15 is 0 Å². The van der Waals surface area contributed by atoms with Crippen molar-refractivity contribution in [1.82, 2.24) is 4.90 Å². The first-order chi connectivity index (χ1) is 9.62. The van der Waals surface area contributed by atoms with Crippen molar-refractivity contribution in [3.8, 4) is 0 Å². The summed E-state index contributed by atoms with van der Waals surface area (Å²) < 4.78 is 11.1. The molecular weight excluding hydrogens is 322 g/mol. The van der Waals surface area contributed by atoms with Gasteiger partial charge in [0.15, 0.2) is 4.67 Å². The maximum Gasteiger partial charge on any atom is 0.247 e. The van der Waals surface area contributed by atoms with Crippen molar-refractivity contribution in [2.75, 3.05) is 20.3 Å². The van der Waals surface area contributed by atoms with Gasteiger partial charge in [-0.1, -0.05) is 13.8 Å². The Kier molecular flexibility index (Phi) is 7.62. The first-order valence-corrected chi connectivity index (χ1v) is 7.64. The lowest BCUT2D eigenvalue weighted by Crippen LogP contribution is -2.40. The molecule has 5 heteroatoms. The highest BCUT2D eigenvalue weighted by molar-refractivity contribution is 9.10. The van der Waals surface area contributed by atoms with Crippen LogP contribution in [0.15, 0.2) is 27.3 Å². The molecule has 0 aromatic carbocycles. The molecule has 0 atom stereocenters. The molecule has 0 bridgehead atoms. The first kappa shape index (κ1) is 17.0. The van der Waals surface area contributed by atoms with Crippen molar-refractivity contribution >= 4 is 27.9 Å². The zero-order chi connectivity index (χ0) is 15.0. The summed E-state index contributed by atoms with van der Waals surface area (Å²) in [6, 6.07) is 3.85. The van der Waals surface area contributed by atoms with Crippen LogP contribution in [0.25, 0.3) is 6.08 Å². The number of hydrogen-bond acceptors (Lipinski definition) is 3. The lowest BCUT2D eigenvalue weighted by Gasteiger charge is -2.29. The Balaban J connectivity index is 2.73. The highest BCUT2D eigenvalue weighted by Crippen LogP contribution is 2.16. The first-order valence-electron chi connectivity index (χ1n) is 6.85. The molecule has 0 aliphatic rings. The average molecular weight is 344 g/mol. The molecule has 1 aromatic heterocycles. The molecule has 112 valence electrons. The van der Waals surface area contributed by atoms with E-state index in [-0.39, 0.29) is 11.9 Å². The van der Waals surface area contributed by atoms with Crippen LogP contribution in [0.2, 0.25) is 0 Å². The molecule has 0 radical (unpaired) electrons. The van der Waals surface area contributed by atoms with Crippen LogP contribution >= 0.6 is 15.9 Å². The largest absolute Gasteiger partial charge is 0.450 e. The van der Waals surface area contributed by atoms with E-state index in [9.17, 15) is 4.79 Å². The molecule has 4 nitrogen and oxygen atoms in total. The number of carbonyl (C=O) groups is 1. The third-order valence-electron chi connectivity index (χ3n) is 3.19. The Bertz CT molecular complexity index is 438. The molecule has 20 heavy (non-hydrogen) atoms. The van der Waals surface area contributed by atoms with E-state index in [1.165, 1.54) is 0 Å². The molecule has 0 aliphatic carbocycles. The number of carbonyl (C=O) groups excluding carboxylic acids is 1. The predicted octanol–water partition coefficient (Wildman–Crippen LogP) is 3.72. The molecule has 0 unspecified atom stereocenters. The average Bonchev–Trinajstić information content (AvgIpc) is 2.86. The fourth-order valence-corrected chi connectivity index (χ4v) is 2.38. The molecule has 0 saturated carbocycles. The Morgan fingerprint density at radius 3 is 2.65 bits per heavy atom. The summed E-state index contributed by atoms with van der Waals surface area (Å²) in [4.78, 5) is 14.2. The standard InChI is InChI=1S/C15H22BrNO3/c1-4-12(5-2)17(10-11-19-3)15(18)9-7-13-6-8-14(16)20-13/h6-9,12H,4-5,10-11H2,1-3H3/b9-7+. The Morgan fingerprint density at radius 1 is 1.45 bits per heavy atom. The molecular formula is C15H22BrNO3. The van der Waals surface area contributed by atoms with Gasteiger partial charge in [0.1, 0.15) is 5.76 Å². The molecule has 0 spiro atoms. The molecule has 0 N–H and O–H groups in total. The topological polar surface area (TPSA) is 42.7 Å². The summed E-state index contributed by atoms with van der Waals surface area (Å²) in [5.74, 6) is 0.643. The number of amides is 1. The van der Waals surface area contributed by atoms with Crippen molar-refractivity contribution in [3.63, 3.8) is 0 Å². The van der Waals surface area contributed by atoms with Crippen LogP contribution in [0.4, 0.5) is 0 Å². The van der Waals surface area contributed by atoms with Gasteiger partial charge in [-0.2, -0.15) is 0 Å². The normalized spacial score (nSPS) is 11.4. The zero-order valence-electron chi connectivity index (χ0n) is 12.3. The molecule has 0 aliphatic heterocycles. The minimum atomic E-state index is -0.0109. The van der Waals surface area contributed by atoms with Gasteiger partial charge in [0.05, 0.1) is 6.61 Å². The lowest BCUT2D eigenvalue weighted by atomic mass is 10.1. The summed E-state index contributed by atoms with van der Waals surface area (Å²) in [6.45, 7) is 5.33. The summed E-state index contributed by atoms with van der Waals surface area (Å²) in [5, 5.41) is 0. The third kappa shape index (κ3) is 5.13. The second kappa shape index (κ2) is 8.97. The van der Waals surface area contributed by atoms with Crippen molar-refractivity contribution in [2.45, 2.75) is 32.7 Å². The minimum Gasteiger partial charge on any atom is -0.450 e. The molecule has 0 saturated heterocycles. The van der Waals surface area contributed by atoms with Crippen molar-refractivity contribution in [3.05, 3.63) is 28.6 Å². The third-order valence-corrected chi connectivity index (χ3v) is 3.61. The van der Waals surface area contributed by atoms with Gasteiger partial charge in [0.25, 0.3) is 0 Å². The van der Waals surface area contributed by atoms with Gasteiger partial charge in [-0.05, 0) is 47.0 Å². The fourth-order valence-electron chi connectivity index (χ4n) is 2.06. The maximum atomic E-state index is 12.3. The van der Waals surface area contributed by atoms with Crippen molar-refractivity contribution < 1.29 is 13.9 Å². The van der Waals surface area contributed by atoms with Gasteiger partial charge in [-0.15, -0.1) is 0 Å². The van der Waals surface area contributed by atoms with Crippen LogP contribution < -0.4 is 0 Å². The maximum absolute atomic E-state index is 12.3. The zero-order valence-corrected chi connectivity index (χ0v) is 13.9. The number of rotatable bonds is 8. The highest BCUT2D eigenvalue weighted by Gasteiger charge is 2.18. The molecule has 1 heterocycles. The molecule has 1 amide bonds. The quantitative estimate of drug-likeness (QED) is 0.675. The van der Waals surface area contributed by atoms with E-state index in [0.29, 0.717) is 23.6 Å². The number of nitrogens with zero attached hydrogens (tertiary/aromatic N) is 1. The van der Waals surface area contributed by atoms with Gasteiger partial charge in [-0.3, -0.25) is 4.79 Å². The summed E-state index contributed by atoms with van der Waals surface area (Å²) in [6.07, 6.45) is 5.12. The molecule has 1 rings (SSSR count). The summed E-state index contributed by atoms with van der Waals surface area (Å²) in [5.41, 5.74) is 0. The van der Waals surface area contributed by atoms with Crippen LogP contribution in [0, 0.1) is 0 Å². The fraction of sp³-hybridized carbons (Fsp3) is 0.533. The number of hydrogen-bond donors (Lipinski definition) is 0. The van der Waals surface area contributed by atoms with Gasteiger partial charge in [-0.25, -0.2) is 0 Å².